The molecule has 0 saturated carbocycles. The van der Waals surface area contributed by atoms with Gasteiger partial charge >= 0.3 is 0 Å². The molecular weight excluding hydrogens is 274 g/mol. The van der Waals surface area contributed by atoms with Crippen LogP contribution in [0.25, 0.3) is 0 Å². The fourth-order valence-corrected chi connectivity index (χ4v) is 3.44. The van der Waals surface area contributed by atoms with Crippen molar-refractivity contribution in [1.82, 2.24) is 15.1 Å². The van der Waals surface area contributed by atoms with Gasteiger partial charge in [0.15, 0.2) is 0 Å². The zero-order valence-electron chi connectivity index (χ0n) is 13.3. The predicted molar refractivity (Wildman–Crippen MR) is 85.3 cm³/mol. The predicted octanol–water partition coefficient (Wildman–Crippen LogP) is 1.74. The molecule has 2 saturated heterocycles. The summed E-state index contributed by atoms with van der Waals surface area (Å²) in [4.78, 5) is 17.1. The van der Waals surface area contributed by atoms with Crippen molar-refractivity contribution in [1.29, 1.82) is 0 Å². The van der Waals surface area contributed by atoms with Crippen molar-refractivity contribution in [2.24, 2.45) is 5.92 Å². The molecule has 2 unspecified atom stereocenters. The summed E-state index contributed by atoms with van der Waals surface area (Å²) in [6, 6.07) is 1.50. The molecule has 118 valence electrons. The third-order valence-electron chi connectivity index (χ3n) is 5.05. The van der Waals surface area contributed by atoms with E-state index >= 15 is 0 Å². The third-order valence-corrected chi connectivity index (χ3v) is 5.05. The van der Waals surface area contributed by atoms with Crippen molar-refractivity contribution in [3.05, 3.63) is 0 Å². The second-order valence-electron chi connectivity index (χ2n) is 6.53. The average Bonchev–Trinajstić information content (AvgIpc) is 2.40. The molecule has 2 aliphatic rings. The van der Waals surface area contributed by atoms with Crippen molar-refractivity contribution in [2.75, 3.05) is 27.2 Å². The first-order valence-electron chi connectivity index (χ1n) is 7.69. The van der Waals surface area contributed by atoms with Gasteiger partial charge in [0, 0.05) is 37.6 Å². The fraction of sp³-hybridized carbons (Fsp3) is 0.933. The molecular formula is C15H30ClN3O. The van der Waals surface area contributed by atoms with Crippen LogP contribution in [0, 0.1) is 5.92 Å². The molecule has 2 fully saturated rings. The monoisotopic (exact) mass is 303 g/mol. The van der Waals surface area contributed by atoms with Gasteiger partial charge in [-0.2, -0.15) is 0 Å². The minimum Gasteiger partial charge on any atom is -0.342 e. The molecule has 0 aromatic carbocycles. The maximum absolute atomic E-state index is 12.6. The first-order chi connectivity index (χ1) is 8.99. The van der Waals surface area contributed by atoms with Crippen molar-refractivity contribution in [3.63, 3.8) is 0 Å². The lowest BCUT2D eigenvalue weighted by atomic mass is 9.90. The highest BCUT2D eigenvalue weighted by Gasteiger charge is 2.32. The molecule has 2 heterocycles. The zero-order chi connectivity index (χ0) is 14.0. The van der Waals surface area contributed by atoms with E-state index in [-0.39, 0.29) is 18.3 Å². The van der Waals surface area contributed by atoms with Gasteiger partial charge in [0.05, 0.1) is 0 Å². The normalized spacial score (nSPS) is 35.2. The molecule has 4 atom stereocenters. The van der Waals surface area contributed by atoms with E-state index in [1.165, 1.54) is 0 Å². The third kappa shape index (κ3) is 4.09. The second kappa shape index (κ2) is 7.62. The summed E-state index contributed by atoms with van der Waals surface area (Å²) in [6.07, 6.45) is 4.21. The van der Waals surface area contributed by atoms with E-state index in [2.05, 4.69) is 31.1 Å². The Morgan fingerprint density at radius 1 is 1.25 bits per heavy atom. The lowest BCUT2D eigenvalue weighted by Gasteiger charge is -2.41. The van der Waals surface area contributed by atoms with Crippen LogP contribution < -0.4 is 5.32 Å². The molecule has 1 amide bonds. The van der Waals surface area contributed by atoms with Crippen LogP contribution >= 0.6 is 12.4 Å². The number of halogens is 1. The number of amides is 1. The minimum atomic E-state index is 0. The van der Waals surface area contributed by atoms with E-state index in [1.54, 1.807) is 0 Å². The van der Waals surface area contributed by atoms with Gasteiger partial charge in [-0.3, -0.25) is 4.79 Å². The number of hydrogen-bond acceptors (Lipinski definition) is 3. The number of carbonyl (C=O) groups excluding carboxylic acids is 1. The first-order valence-corrected chi connectivity index (χ1v) is 7.69. The second-order valence-corrected chi connectivity index (χ2v) is 6.53. The van der Waals surface area contributed by atoms with E-state index in [0.717, 1.165) is 38.8 Å². The molecule has 20 heavy (non-hydrogen) atoms. The molecule has 0 spiro atoms. The number of rotatable bonds is 2. The topological polar surface area (TPSA) is 35.6 Å². The molecule has 0 aromatic rings. The van der Waals surface area contributed by atoms with Gasteiger partial charge in [-0.05, 0) is 53.1 Å². The Balaban J connectivity index is 0.00000200. The van der Waals surface area contributed by atoms with E-state index in [0.29, 0.717) is 24.0 Å². The molecule has 2 rings (SSSR count). The van der Waals surface area contributed by atoms with E-state index in [1.807, 2.05) is 11.9 Å². The Morgan fingerprint density at radius 3 is 2.55 bits per heavy atom. The van der Waals surface area contributed by atoms with Gasteiger partial charge in [-0.15, -0.1) is 12.4 Å². The van der Waals surface area contributed by atoms with Crippen LogP contribution in [0.2, 0.25) is 0 Å². The van der Waals surface area contributed by atoms with Crippen molar-refractivity contribution in [3.8, 4) is 0 Å². The summed E-state index contributed by atoms with van der Waals surface area (Å²) in [5.41, 5.74) is 0. The lowest BCUT2D eigenvalue weighted by Crippen LogP contribution is -2.51. The Morgan fingerprint density at radius 2 is 1.95 bits per heavy atom. The molecule has 5 heteroatoms. The summed E-state index contributed by atoms with van der Waals surface area (Å²) in [7, 11) is 4.19. The van der Waals surface area contributed by atoms with Crippen LogP contribution in [0.15, 0.2) is 0 Å². The number of nitrogens with one attached hydrogen (secondary N) is 1. The van der Waals surface area contributed by atoms with Gasteiger partial charge < -0.3 is 15.1 Å². The Labute approximate surface area is 129 Å². The van der Waals surface area contributed by atoms with Gasteiger partial charge in [-0.25, -0.2) is 0 Å². The van der Waals surface area contributed by atoms with Crippen molar-refractivity contribution in [2.45, 2.75) is 57.7 Å². The summed E-state index contributed by atoms with van der Waals surface area (Å²) in [5, 5.41) is 3.42. The quantitative estimate of drug-likeness (QED) is 0.844. The van der Waals surface area contributed by atoms with Gasteiger partial charge in [0.1, 0.15) is 0 Å². The van der Waals surface area contributed by atoms with E-state index < -0.39 is 0 Å². The molecule has 0 bridgehead atoms. The van der Waals surface area contributed by atoms with Crippen LogP contribution in [0.4, 0.5) is 0 Å². The molecule has 0 aliphatic carbocycles. The highest BCUT2D eigenvalue weighted by molar-refractivity contribution is 5.85. The first kappa shape index (κ1) is 17.7. The number of hydrogen-bond donors (Lipinski definition) is 1. The smallest absolute Gasteiger partial charge is 0.225 e. The van der Waals surface area contributed by atoms with Crippen LogP contribution in [-0.2, 0) is 4.79 Å². The fourth-order valence-electron chi connectivity index (χ4n) is 3.44. The van der Waals surface area contributed by atoms with E-state index in [9.17, 15) is 4.79 Å². The van der Waals surface area contributed by atoms with Gasteiger partial charge in [-0.1, -0.05) is 0 Å². The van der Waals surface area contributed by atoms with Crippen molar-refractivity contribution < 1.29 is 4.79 Å². The zero-order valence-corrected chi connectivity index (χ0v) is 14.1. The van der Waals surface area contributed by atoms with Crippen LogP contribution in [0.1, 0.15) is 39.5 Å². The Hall–Kier alpha value is -0.320. The average molecular weight is 304 g/mol. The summed E-state index contributed by atoms with van der Waals surface area (Å²) in [5.74, 6) is 0.603. The Bertz CT molecular complexity index is 326. The number of nitrogens with zero attached hydrogens (tertiary/aromatic N) is 2. The summed E-state index contributed by atoms with van der Waals surface area (Å²) in [6.45, 7) is 6.52. The number of likely N-dealkylation sites (tertiary alicyclic amines) is 1. The lowest BCUT2D eigenvalue weighted by molar-refractivity contribution is -0.138. The SMILES string of the molecule is CC1CC(N(C)C(=O)[C@H]2CCN[C@@H](C)C2)CCN1C.Cl. The molecule has 4 nitrogen and oxygen atoms in total. The minimum absolute atomic E-state index is 0. The Kier molecular flexibility index (Phi) is 6.76. The largest absolute Gasteiger partial charge is 0.342 e. The van der Waals surface area contributed by atoms with Crippen LogP contribution in [0.3, 0.4) is 0 Å². The van der Waals surface area contributed by atoms with Gasteiger partial charge in [0.2, 0.25) is 5.91 Å². The number of piperidine rings is 2. The van der Waals surface area contributed by atoms with E-state index in [4.69, 9.17) is 0 Å². The van der Waals surface area contributed by atoms with Gasteiger partial charge in [0.25, 0.3) is 0 Å². The summed E-state index contributed by atoms with van der Waals surface area (Å²) >= 11 is 0. The highest BCUT2D eigenvalue weighted by Crippen LogP contribution is 2.24. The number of carbonyl (C=O) groups is 1. The van der Waals surface area contributed by atoms with Crippen LogP contribution in [-0.4, -0.2) is 61.0 Å². The molecule has 0 aromatic heterocycles. The maximum atomic E-state index is 12.6. The van der Waals surface area contributed by atoms with Crippen LogP contribution in [0.5, 0.6) is 0 Å². The highest BCUT2D eigenvalue weighted by atomic mass is 35.5. The standard InChI is InChI=1S/C15H29N3O.ClH/c1-11-9-13(5-7-16-11)15(19)18(4)14-6-8-17(3)12(2)10-14;/h11-14,16H,5-10H2,1-4H3;1H/t11-,12?,13-,14?;/m0./s1. The molecule has 2 aliphatic heterocycles. The molecule has 0 radical (unpaired) electrons. The molecule has 1 N–H and O–H groups in total. The summed E-state index contributed by atoms with van der Waals surface area (Å²) < 4.78 is 0. The maximum Gasteiger partial charge on any atom is 0.225 e. The van der Waals surface area contributed by atoms with Crippen molar-refractivity contribution >= 4 is 18.3 Å².